The molecule has 1 fully saturated rings. The second kappa shape index (κ2) is 10.6. The van der Waals surface area contributed by atoms with E-state index in [1.54, 1.807) is 0 Å². The van der Waals surface area contributed by atoms with Crippen LogP contribution in [0.4, 0.5) is 0 Å². The van der Waals surface area contributed by atoms with E-state index in [0.717, 1.165) is 36.3 Å². The van der Waals surface area contributed by atoms with E-state index in [0.29, 0.717) is 6.42 Å². The van der Waals surface area contributed by atoms with Gasteiger partial charge in [0.15, 0.2) is 0 Å². The molecule has 154 valence electrons. The Hall–Kier alpha value is -0.883. The van der Waals surface area contributed by atoms with Crippen LogP contribution in [0.5, 0.6) is 5.75 Å². The number of nitrogens with two attached hydrogens (primary N) is 1. The third-order valence-electron chi connectivity index (χ3n) is 6.41. The van der Waals surface area contributed by atoms with Gasteiger partial charge in [0.25, 0.3) is 0 Å². The summed E-state index contributed by atoms with van der Waals surface area (Å²) in [7, 11) is -1.12. The van der Waals surface area contributed by atoms with Gasteiger partial charge >= 0.3 is 0 Å². The number of benzene rings is 1. The number of hydrogen-bond acceptors (Lipinski definition) is 4. The molecule has 1 saturated carbocycles. The van der Waals surface area contributed by atoms with Gasteiger partial charge in [0.2, 0.25) is 0 Å². The van der Waals surface area contributed by atoms with E-state index in [2.05, 4.69) is 13.1 Å². The maximum absolute atomic E-state index is 9.27. The van der Waals surface area contributed by atoms with Crippen molar-refractivity contribution in [1.29, 1.82) is 0 Å². The van der Waals surface area contributed by atoms with Gasteiger partial charge in [0, 0.05) is 0 Å². The normalized spacial score (nSPS) is 16.5. The van der Waals surface area contributed by atoms with E-state index in [-0.39, 0.29) is 13.2 Å². The number of hydrogen-bond donors (Lipinski definition) is 3. The second-order valence-corrected chi connectivity index (χ2v) is 14.4. The average molecular weight is 394 g/mol. The van der Waals surface area contributed by atoms with Crippen LogP contribution in [-0.4, -0.2) is 43.6 Å². The van der Waals surface area contributed by atoms with Crippen LogP contribution in [0.15, 0.2) is 24.3 Å². The van der Waals surface area contributed by atoms with Crippen molar-refractivity contribution in [2.24, 2.45) is 5.73 Å². The van der Waals surface area contributed by atoms with Crippen molar-refractivity contribution in [1.82, 2.24) is 0 Å². The first-order valence-electron chi connectivity index (χ1n) is 10.6. The van der Waals surface area contributed by atoms with Crippen LogP contribution in [0, 0.1) is 0 Å². The topological polar surface area (TPSA) is 75.7 Å². The van der Waals surface area contributed by atoms with Crippen molar-refractivity contribution < 1.29 is 14.9 Å². The van der Waals surface area contributed by atoms with E-state index < -0.39 is 13.6 Å². The Morgan fingerprint density at radius 3 is 2.30 bits per heavy atom. The largest absolute Gasteiger partial charge is 0.494 e. The molecule has 4 N–H and O–H groups in total. The molecule has 0 saturated heterocycles. The fourth-order valence-electron chi connectivity index (χ4n) is 4.16. The van der Waals surface area contributed by atoms with Crippen LogP contribution >= 0.6 is 0 Å². The van der Waals surface area contributed by atoms with E-state index >= 15 is 0 Å². The summed E-state index contributed by atoms with van der Waals surface area (Å²) in [5.41, 5.74) is 7.18. The van der Waals surface area contributed by atoms with Crippen molar-refractivity contribution in [2.45, 2.75) is 81.6 Å². The summed E-state index contributed by atoms with van der Waals surface area (Å²) in [6.07, 6.45) is 9.67. The van der Waals surface area contributed by atoms with Gasteiger partial charge in [-0.25, -0.2) is 0 Å². The summed E-state index contributed by atoms with van der Waals surface area (Å²) in [4.78, 5) is 0. The molecule has 4 nitrogen and oxygen atoms in total. The molecule has 0 heterocycles. The predicted molar refractivity (Wildman–Crippen MR) is 115 cm³/mol. The van der Waals surface area contributed by atoms with Gasteiger partial charge < -0.3 is 20.7 Å². The molecule has 1 aliphatic rings. The highest BCUT2D eigenvalue weighted by molar-refractivity contribution is 6.78. The maximum Gasteiger partial charge on any atom is 0.119 e. The van der Waals surface area contributed by atoms with Gasteiger partial charge in [-0.15, -0.1) is 0 Å². The second-order valence-electron chi connectivity index (χ2n) is 9.10. The average Bonchev–Trinajstić information content (AvgIpc) is 2.71. The zero-order chi connectivity index (χ0) is 19.8. The molecular weight excluding hydrogens is 354 g/mol. The molecule has 0 radical (unpaired) electrons. The molecule has 0 bridgehead atoms. The first-order chi connectivity index (χ1) is 12.9. The molecule has 0 spiro atoms. The Bertz CT molecular complexity index is 537. The van der Waals surface area contributed by atoms with Crippen LogP contribution < -0.4 is 10.5 Å². The van der Waals surface area contributed by atoms with Crippen molar-refractivity contribution in [3.05, 3.63) is 29.8 Å². The molecule has 0 amide bonds. The molecule has 1 aliphatic carbocycles. The van der Waals surface area contributed by atoms with Crippen LogP contribution in [-0.2, 0) is 6.42 Å². The van der Waals surface area contributed by atoms with Crippen molar-refractivity contribution in [2.75, 3.05) is 19.8 Å². The van der Waals surface area contributed by atoms with Gasteiger partial charge in [0.05, 0.1) is 33.4 Å². The van der Waals surface area contributed by atoms with E-state index in [4.69, 9.17) is 10.5 Å². The highest BCUT2D eigenvalue weighted by Crippen LogP contribution is 2.39. The molecule has 0 aliphatic heterocycles. The first-order valence-corrected chi connectivity index (χ1v) is 13.9. The van der Waals surface area contributed by atoms with E-state index in [1.807, 2.05) is 24.3 Å². The Kier molecular flexibility index (Phi) is 8.80. The fourth-order valence-corrected chi connectivity index (χ4v) is 7.59. The first kappa shape index (κ1) is 22.4. The predicted octanol–water partition coefficient (Wildman–Crippen LogP) is 4.11. The summed E-state index contributed by atoms with van der Waals surface area (Å²) >= 11 is 0. The maximum atomic E-state index is 9.27. The van der Waals surface area contributed by atoms with Gasteiger partial charge in [-0.1, -0.05) is 63.4 Å². The van der Waals surface area contributed by atoms with Gasteiger partial charge in [-0.05, 0) is 42.5 Å². The molecule has 1 aromatic carbocycles. The Morgan fingerprint density at radius 1 is 1.07 bits per heavy atom. The molecule has 0 unspecified atom stereocenters. The minimum atomic E-state index is -1.12. The summed E-state index contributed by atoms with van der Waals surface area (Å²) in [5.74, 6) is 0.916. The van der Waals surface area contributed by atoms with Gasteiger partial charge in [0.1, 0.15) is 5.75 Å². The zero-order valence-corrected chi connectivity index (χ0v) is 18.3. The SMILES string of the molecule is C[Si](C)(CCCOc1ccc(CCC(N)(CO)CO)cc1)C1CCCCC1. The molecule has 27 heavy (non-hydrogen) atoms. The number of aliphatic hydroxyl groups is 2. The molecule has 0 aromatic heterocycles. The van der Waals surface area contributed by atoms with Crippen molar-refractivity contribution in [3.63, 3.8) is 0 Å². The Labute approximate surface area is 166 Å². The lowest BCUT2D eigenvalue weighted by Gasteiger charge is -2.35. The van der Waals surface area contributed by atoms with E-state index in [9.17, 15) is 10.2 Å². The molecule has 0 atom stereocenters. The summed E-state index contributed by atoms with van der Waals surface area (Å²) in [6.45, 7) is 5.52. The highest BCUT2D eigenvalue weighted by atomic mass is 28.3. The number of aliphatic hydroxyl groups excluding tert-OH is 2. The quantitative estimate of drug-likeness (QED) is 0.390. The molecule has 2 rings (SSSR count). The molecule has 1 aromatic rings. The van der Waals surface area contributed by atoms with Crippen LogP contribution in [0.3, 0.4) is 0 Å². The van der Waals surface area contributed by atoms with Gasteiger partial charge in [-0.3, -0.25) is 0 Å². The number of ether oxygens (including phenoxy) is 1. The Morgan fingerprint density at radius 2 is 1.70 bits per heavy atom. The van der Waals surface area contributed by atoms with Crippen molar-refractivity contribution >= 4 is 8.07 Å². The van der Waals surface area contributed by atoms with Gasteiger partial charge in [-0.2, -0.15) is 0 Å². The summed E-state index contributed by atoms with van der Waals surface area (Å²) in [5, 5.41) is 18.5. The third kappa shape index (κ3) is 7.22. The minimum absolute atomic E-state index is 0.203. The van der Waals surface area contributed by atoms with Crippen molar-refractivity contribution in [3.8, 4) is 5.75 Å². The monoisotopic (exact) mass is 393 g/mol. The molecule has 5 heteroatoms. The fraction of sp³-hybridized carbons (Fsp3) is 0.727. The molecular formula is C22H39NO3Si. The zero-order valence-electron chi connectivity index (χ0n) is 17.3. The van der Waals surface area contributed by atoms with Crippen LogP contribution in [0.1, 0.15) is 50.5 Å². The highest BCUT2D eigenvalue weighted by Gasteiger charge is 2.31. The standard InChI is InChI=1S/C22H39NO3Si/c1-27(2,21-7-4-3-5-8-21)16-6-15-26-20-11-9-19(10-12-20)13-14-22(23,17-24)18-25/h9-12,21,24-25H,3-8,13-18,23H2,1-2H3. The summed E-state index contributed by atoms with van der Waals surface area (Å²) in [6, 6.07) is 9.47. The lowest BCUT2D eigenvalue weighted by atomic mass is 9.94. The smallest absolute Gasteiger partial charge is 0.119 e. The summed E-state index contributed by atoms with van der Waals surface area (Å²) < 4.78 is 5.95. The Balaban J connectivity index is 1.70. The lowest BCUT2D eigenvalue weighted by molar-refractivity contribution is 0.115. The third-order valence-corrected chi connectivity index (χ3v) is 10.8. The van der Waals surface area contributed by atoms with Crippen LogP contribution in [0.25, 0.3) is 0 Å². The number of aryl methyl sites for hydroxylation is 1. The number of rotatable bonds is 11. The van der Waals surface area contributed by atoms with E-state index in [1.165, 1.54) is 38.1 Å². The lowest BCUT2D eigenvalue weighted by Crippen LogP contribution is -2.47. The van der Waals surface area contributed by atoms with Crippen LogP contribution in [0.2, 0.25) is 24.7 Å². The minimum Gasteiger partial charge on any atom is -0.494 e.